The van der Waals surface area contributed by atoms with E-state index >= 15 is 0 Å². The molecular formula is C18H29N. The molecule has 19 heavy (non-hydrogen) atoms. The molecule has 0 heterocycles. The zero-order chi connectivity index (χ0) is 13.7. The van der Waals surface area contributed by atoms with Crippen LogP contribution in [0.1, 0.15) is 70.0 Å². The lowest BCUT2D eigenvalue weighted by Crippen LogP contribution is -2.39. The smallest absolute Gasteiger partial charge is 0.0320 e. The molecule has 0 spiro atoms. The van der Waals surface area contributed by atoms with Crippen molar-refractivity contribution < 1.29 is 0 Å². The summed E-state index contributed by atoms with van der Waals surface area (Å²) in [6.07, 6.45) is 7.86. The summed E-state index contributed by atoms with van der Waals surface area (Å²) in [7, 11) is 0. The second-order valence-corrected chi connectivity index (χ2v) is 6.09. The highest BCUT2D eigenvalue weighted by Crippen LogP contribution is 2.27. The number of nitrogens with one attached hydrogen (secondary N) is 1. The van der Waals surface area contributed by atoms with Crippen LogP contribution in [-0.2, 0) is 6.42 Å². The molecule has 1 fully saturated rings. The van der Waals surface area contributed by atoms with Crippen molar-refractivity contribution in [3.8, 4) is 0 Å². The van der Waals surface area contributed by atoms with Crippen LogP contribution in [0.5, 0.6) is 0 Å². The van der Waals surface area contributed by atoms with Crippen LogP contribution in [0.25, 0.3) is 0 Å². The third-order valence-corrected chi connectivity index (χ3v) is 4.73. The second kappa shape index (κ2) is 7.09. The summed E-state index contributed by atoms with van der Waals surface area (Å²) in [5, 5.41) is 3.91. The first-order valence-corrected chi connectivity index (χ1v) is 8.09. The van der Waals surface area contributed by atoms with Crippen LogP contribution in [-0.4, -0.2) is 6.04 Å². The molecule has 1 heteroatoms. The van der Waals surface area contributed by atoms with Crippen LogP contribution in [0.2, 0.25) is 0 Å². The van der Waals surface area contributed by atoms with Crippen LogP contribution >= 0.6 is 0 Å². The predicted octanol–water partition coefficient (Wildman–Crippen LogP) is 4.87. The van der Waals surface area contributed by atoms with E-state index < -0.39 is 0 Å². The molecule has 1 saturated carbocycles. The summed E-state index contributed by atoms with van der Waals surface area (Å²) < 4.78 is 0. The fourth-order valence-electron chi connectivity index (χ4n) is 3.26. The third kappa shape index (κ3) is 3.82. The molecule has 0 aliphatic heterocycles. The lowest BCUT2D eigenvalue weighted by molar-refractivity contribution is 0.256. The first kappa shape index (κ1) is 14.6. The highest BCUT2D eigenvalue weighted by molar-refractivity contribution is 5.25. The van der Waals surface area contributed by atoms with Crippen LogP contribution in [0.4, 0.5) is 0 Å². The van der Waals surface area contributed by atoms with E-state index in [-0.39, 0.29) is 0 Å². The van der Waals surface area contributed by atoms with E-state index in [1.54, 1.807) is 0 Å². The zero-order valence-electron chi connectivity index (χ0n) is 12.8. The van der Waals surface area contributed by atoms with Gasteiger partial charge in [-0.1, -0.05) is 57.9 Å². The molecule has 0 radical (unpaired) electrons. The van der Waals surface area contributed by atoms with Crippen molar-refractivity contribution in [2.24, 2.45) is 5.92 Å². The van der Waals surface area contributed by atoms with E-state index in [9.17, 15) is 0 Å². The van der Waals surface area contributed by atoms with Crippen molar-refractivity contribution >= 4 is 0 Å². The molecule has 1 aromatic rings. The summed E-state index contributed by atoms with van der Waals surface area (Å²) in [6.45, 7) is 6.91. The Morgan fingerprint density at radius 1 is 1.11 bits per heavy atom. The van der Waals surface area contributed by atoms with Crippen LogP contribution in [0.15, 0.2) is 24.3 Å². The van der Waals surface area contributed by atoms with Crippen LogP contribution in [0.3, 0.4) is 0 Å². The standard InChI is InChI=1S/C18H29N/c1-4-15-10-12-16(13-11-15)17(5-2)19-18-9-7-6-8-14(18)3/h10-14,17-19H,4-9H2,1-3H3. The van der Waals surface area contributed by atoms with Crippen molar-refractivity contribution in [3.05, 3.63) is 35.4 Å². The second-order valence-electron chi connectivity index (χ2n) is 6.09. The first-order valence-electron chi connectivity index (χ1n) is 8.09. The number of hydrogen-bond acceptors (Lipinski definition) is 1. The maximum Gasteiger partial charge on any atom is 0.0320 e. The molecule has 1 aliphatic rings. The van der Waals surface area contributed by atoms with E-state index in [2.05, 4.69) is 50.4 Å². The Bertz CT molecular complexity index is 368. The van der Waals surface area contributed by atoms with Gasteiger partial charge in [0, 0.05) is 12.1 Å². The molecule has 1 aliphatic carbocycles. The predicted molar refractivity (Wildman–Crippen MR) is 83.4 cm³/mol. The van der Waals surface area contributed by atoms with Crippen LogP contribution in [0, 0.1) is 5.92 Å². The Hall–Kier alpha value is -0.820. The van der Waals surface area contributed by atoms with Gasteiger partial charge in [-0.3, -0.25) is 0 Å². The normalized spacial score (nSPS) is 25.2. The number of benzene rings is 1. The number of aryl methyl sites for hydroxylation is 1. The molecule has 0 saturated heterocycles. The quantitative estimate of drug-likeness (QED) is 0.795. The topological polar surface area (TPSA) is 12.0 Å². The van der Waals surface area contributed by atoms with E-state index in [4.69, 9.17) is 0 Å². The molecule has 1 N–H and O–H groups in total. The zero-order valence-corrected chi connectivity index (χ0v) is 12.8. The van der Waals surface area contributed by atoms with Crippen molar-refractivity contribution in [2.45, 2.75) is 71.4 Å². The average molecular weight is 259 g/mol. The Balaban J connectivity index is 2.01. The summed E-state index contributed by atoms with van der Waals surface area (Å²) in [6, 6.07) is 10.4. The molecular weight excluding hydrogens is 230 g/mol. The van der Waals surface area contributed by atoms with Gasteiger partial charge in [0.15, 0.2) is 0 Å². The summed E-state index contributed by atoms with van der Waals surface area (Å²) >= 11 is 0. The number of rotatable bonds is 5. The first-order chi connectivity index (χ1) is 9.24. The maximum absolute atomic E-state index is 3.91. The fraction of sp³-hybridized carbons (Fsp3) is 0.667. The van der Waals surface area contributed by atoms with Gasteiger partial charge < -0.3 is 5.32 Å². The molecule has 0 amide bonds. The van der Waals surface area contributed by atoms with Gasteiger partial charge in [-0.25, -0.2) is 0 Å². The van der Waals surface area contributed by atoms with E-state index in [1.807, 2.05) is 0 Å². The molecule has 1 nitrogen and oxygen atoms in total. The van der Waals surface area contributed by atoms with Gasteiger partial charge in [0.2, 0.25) is 0 Å². The molecule has 0 aromatic heterocycles. The SMILES string of the molecule is CCc1ccc(C(CC)NC2CCCCC2C)cc1. The highest BCUT2D eigenvalue weighted by Gasteiger charge is 2.23. The van der Waals surface area contributed by atoms with Gasteiger partial charge in [0.1, 0.15) is 0 Å². The molecule has 3 unspecified atom stereocenters. The average Bonchev–Trinajstić information content (AvgIpc) is 2.47. The maximum atomic E-state index is 3.91. The van der Waals surface area contributed by atoms with Gasteiger partial charge in [0.05, 0.1) is 0 Å². The minimum atomic E-state index is 0.524. The lowest BCUT2D eigenvalue weighted by atomic mass is 9.85. The molecule has 0 bridgehead atoms. The van der Waals surface area contributed by atoms with Crippen molar-refractivity contribution in [2.75, 3.05) is 0 Å². The van der Waals surface area contributed by atoms with Gasteiger partial charge in [-0.05, 0) is 42.7 Å². The lowest BCUT2D eigenvalue weighted by Gasteiger charge is -2.33. The largest absolute Gasteiger partial charge is 0.307 e. The van der Waals surface area contributed by atoms with Crippen molar-refractivity contribution in [1.29, 1.82) is 0 Å². The minimum absolute atomic E-state index is 0.524. The summed E-state index contributed by atoms with van der Waals surface area (Å²) in [4.78, 5) is 0. The third-order valence-electron chi connectivity index (χ3n) is 4.73. The minimum Gasteiger partial charge on any atom is -0.307 e. The van der Waals surface area contributed by atoms with Gasteiger partial charge in [-0.2, -0.15) is 0 Å². The van der Waals surface area contributed by atoms with Crippen molar-refractivity contribution in [1.82, 2.24) is 5.32 Å². The summed E-state index contributed by atoms with van der Waals surface area (Å²) in [5.41, 5.74) is 2.89. The van der Waals surface area contributed by atoms with Gasteiger partial charge in [-0.15, -0.1) is 0 Å². The Morgan fingerprint density at radius 2 is 1.79 bits per heavy atom. The Kier molecular flexibility index (Phi) is 5.45. The number of hydrogen-bond donors (Lipinski definition) is 1. The van der Waals surface area contributed by atoms with E-state index in [1.165, 1.54) is 43.2 Å². The monoisotopic (exact) mass is 259 g/mol. The Morgan fingerprint density at radius 3 is 2.37 bits per heavy atom. The molecule has 3 atom stereocenters. The fourth-order valence-corrected chi connectivity index (χ4v) is 3.26. The van der Waals surface area contributed by atoms with Gasteiger partial charge in [0.25, 0.3) is 0 Å². The van der Waals surface area contributed by atoms with E-state index in [0.29, 0.717) is 12.1 Å². The molecule has 106 valence electrons. The highest BCUT2D eigenvalue weighted by atomic mass is 15.0. The van der Waals surface area contributed by atoms with Crippen LogP contribution < -0.4 is 5.32 Å². The van der Waals surface area contributed by atoms with Gasteiger partial charge >= 0.3 is 0 Å². The molecule has 1 aromatic carbocycles. The van der Waals surface area contributed by atoms with E-state index in [0.717, 1.165) is 12.3 Å². The Labute approximate surface area is 118 Å². The summed E-state index contributed by atoms with van der Waals surface area (Å²) in [5.74, 6) is 0.831. The molecule has 2 rings (SSSR count). The van der Waals surface area contributed by atoms with Crippen molar-refractivity contribution in [3.63, 3.8) is 0 Å².